The smallest absolute Gasteiger partial charge is 0.00938 e. The van der Waals surface area contributed by atoms with Gasteiger partial charge in [0.1, 0.15) is 0 Å². The normalized spacial score (nSPS) is 13.4. The minimum absolute atomic E-state index is 0.917. The molecule has 0 fully saturated rings. The van der Waals surface area contributed by atoms with Gasteiger partial charge in [-0.2, -0.15) is 0 Å². The van der Waals surface area contributed by atoms with Crippen molar-refractivity contribution < 1.29 is 0 Å². The number of hydrogen-bond acceptors (Lipinski definition) is 0. The second-order valence-corrected chi connectivity index (χ2v) is 6.61. The maximum absolute atomic E-state index is 6.06. The van der Waals surface area contributed by atoms with Crippen molar-refractivity contribution in [2.45, 2.75) is 13.8 Å². The van der Waals surface area contributed by atoms with E-state index in [0.29, 0.717) is 0 Å². The van der Waals surface area contributed by atoms with Gasteiger partial charge in [-0.05, 0) is 16.9 Å². The third-order valence-corrected chi connectivity index (χ3v) is 5.46. The van der Waals surface area contributed by atoms with E-state index in [1.807, 2.05) is 5.41 Å². The molecule has 0 heterocycles. The van der Waals surface area contributed by atoms with Gasteiger partial charge in [-0.25, -0.2) is 0 Å². The molecular formula is C6H13ClS. The van der Waals surface area contributed by atoms with Crippen LogP contribution in [-0.2, 0) is 0 Å². The largest absolute Gasteiger partial charge is 0.144 e. The molecule has 0 N–H and O–H groups in total. The van der Waals surface area contributed by atoms with E-state index in [-0.39, 0.29) is 0 Å². The summed E-state index contributed by atoms with van der Waals surface area (Å²) in [4.78, 5) is 0. The molecule has 0 spiro atoms. The zero-order valence-electron chi connectivity index (χ0n) is 5.48. The predicted molar refractivity (Wildman–Crippen MR) is 44.7 cm³/mol. The number of halogens is 1. The van der Waals surface area contributed by atoms with Gasteiger partial charge in [0.15, 0.2) is 0 Å². The van der Waals surface area contributed by atoms with Gasteiger partial charge < -0.3 is 0 Å². The van der Waals surface area contributed by atoms with Gasteiger partial charge in [-0.15, -0.1) is 9.24 Å². The van der Waals surface area contributed by atoms with Crippen LogP contribution in [0.3, 0.4) is 0 Å². The van der Waals surface area contributed by atoms with Crippen molar-refractivity contribution in [2.75, 3.05) is 11.5 Å². The highest BCUT2D eigenvalue weighted by molar-refractivity contribution is 8.53. The Hall–Kier alpha value is 0.380. The molecule has 2 heteroatoms. The second kappa shape index (κ2) is 3.41. The molecule has 0 aliphatic heterocycles. The highest BCUT2D eigenvalue weighted by Crippen LogP contribution is 2.53. The van der Waals surface area contributed by atoms with Gasteiger partial charge in [0.25, 0.3) is 0 Å². The van der Waals surface area contributed by atoms with E-state index in [1.54, 1.807) is 0 Å². The zero-order chi connectivity index (χ0) is 6.62. The van der Waals surface area contributed by atoms with Crippen molar-refractivity contribution in [3.05, 3.63) is 12.0 Å². The molecule has 50 valence electrons. The van der Waals surface area contributed by atoms with Crippen LogP contribution in [0.15, 0.2) is 12.0 Å². The summed E-state index contributed by atoms with van der Waals surface area (Å²) in [6.07, 6.45) is 0. The zero-order valence-corrected chi connectivity index (χ0v) is 7.06. The first kappa shape index (κ1) is 8.38. The average molecular weight is 153 g/mol. The lowest BCUT2D eigenvalue weighted by Crippen LogP contribution is -1.91. The summed E-state index contributed by atoms with van der Waals surface area (Å²) in [5.74, 6) is 2.10. The molecular weight excluding hydrogens is 140 g/mol. The summed E-state index contributed by atoms with van der Waals surface area (Å²) in [7, 11) is 5.14. The molecule has 0 aromatic heterocycles. The van der Waals surface area contributed by atoms with Crippen molar-refractivity contribution in [3.8, 4) is 0 Å². The Kier molecular flexibility index (Phi) is 3.58. The van der Waals surface area contributed by atoms with Gasteiger partial charge in [0.2, 0.25) is 0 Å². The van der Waals surface area contributed by atoms with Crippen LogP contribution in [0.25, 0.3) is 0 Å². The SMILES string of the molecule is C=CS(Cl)(CC)CC. The van der Waals surface area contributed by atoms with Crippen molar-refractivity contribution in [3.63, 3.8) is 0 Å². The summed E-state index contributed by atoms with van der Waals surface area (Å²) < 4.78 is 0. The lowest BCUT2D eigenvalue weighted by atomic mass is 11.0. The van der Waals surface area contributed by atoms with Crippen LogP contribution in [0.1, 0.15) is 13.8 Å². The molecule has 0 aromatic rings. The van der Waals surface area contributed by atoms with E-state index in [1.165, 1.54) is 0 Å². The first-order valence-corrected chi connectivity index (χ1v) is 5.65. The summed E-state index contributed by atoms with van der Waals surface area (Å²) in [6, 6.07) is 0. The molecule has 0 saturated heterocycles. The van der Waals surface area contributed by atoms with Crippen LogP contribution in [0.2, 0.25) is 0 Å². The molecule has 0 aliphatic carbocycles. The minimum Gasteiger partial charge on any atom is -0.144 e. The van der Waals surface area contributed by atoms with Crippen molar-refractivity contribution in [2.24, 2.45) is 0 Å². The Morgan fingerprint density at radius 3 is 1.88 bits per heavy atom. The van der Waals surface area contributed by atoms with E-state index in [0.717, 1.165) is 11.5 Å². The van der Waals surface area contributed by atoms with E-state index in [2.05, 4.69) is 20.4 Å². The lowest BCUT2D eigenvalue weighted by Gasteiger charge is -2.24. The highest BCUT2D eigenvalue weighted by Gasteiger charge is 2.09. The molecule has 0 amide bonds. The summed E-state index contributed by atoms with van der Waals surface area (Å²) in [5.41, 5.74) is 0. The Balaban J connectivity index is 3.76. The molecule has 0 rings (SSSR count). The third kappa shape index (κ3) is 2.10. The maximum atomic E-state index is 6.06. The van der Waals surface area contributed by atoms with Crippen molar-refractivity contribution in [1.29, 1.82) is 0 Å². The van der Waals surface area contributed by atoms with Gasteiger partial charge in [-0.1, -0.05) is 31.1 Å². The Morgan fingerprint density at radius 2 is 1.88 bits per heavy atom. The summed E-state index contributed by atoms with van der Waals surface area (Å²) in [6.45, 7) is 7.89. The van der Waals surface area contributed by atoms with Crippen LogP contribution < -0.4 is 0 Å². The molecule has 0 radical (unpaired) electrons. The van der Waals surface area contributed by atoms with Gasteiger partial charge in [-0.3, -0.25) is 0 Å². The van der Waals surface area contributed by atoms with Gasteiger partial charge in [0, 0.05) is 0 Å². The maximum Gasteiger partial charge on any atom is -0.00938 e. The van der Waals surface area contributed by atoms with E-state index >= 15 is 0 Å². The van der Waals surface area contributed by atoms with Crippen LogP contribution in [-0.4, -0.2) is 11.5 Å². The van der Waals surface area contributed by atoms with Crippen LogP contribution >= 0.6 is 19.9 Å². The first-order chi connectivity index (χ1) is 3.68. The molecule has 0 bridgehead atoms. The molecule has 0 saturated carbocycles. The topological polar surface area (TPSA) is 0 Å². The molecule has 0 aromatic carbocycles. The minimum atomic E-state index is -0.917. The Morgan fingerprint density at radius 1 is 1.50 bits per heavy atom. The van der Waals surface area contributed by atoms with E-state index in [4.69, 9.17) is 10.7 Å². The predicted octanol–water partition coefficient (Wildman–Crippen LogP) is 3.13. The quantitative estimate of drug-likeness (QED) is 0.583. The standard InChI is InChI=1S/C6H13ClS/c1-4-8(7,5-2)6-3/h4H,1,5-6H2,2-3H3. The summed E-state index contributed by atoms with van der Waals surface area (Å²) in [5, 5.41) is 1.90. The molecule has 0 aliphatic rings. The van der Waals surface area contributed by atoms with Gasteiger partial charge in [0.05, 0.1) is 0 Å². The fourth-order valence-corrected chi connectivity index (χ4v) is 1.32. The van der Waals surface area contributed by atoms with Gasteiger partial charge >= 0.3 is 0 Å². The molecule has 0 nitrogen and oxygen atoms in total. The van der Waals surface area contributed by atoms with Crippen LogP contribution in [0.4, 0.5) is 0 Å². The van der Waals surface area contributed by atoms with E-state index < -0.39 is 9.24 Å². The monoisotopic (exact) mass is 152 g/mol. The molecule has 0 unspecified atom stereocenters. The van der Waals surface area contributed by atoms with Crippen LogP contribution in [0, 0.1) is 0 Å². The van der Waals surface area contributed by atoms with Crippen LogP contribution in [0.5, 0.6) is 0 Å². The average Bonchev–Trinajstić information content (AvgIpc) is 1.87. The second-order valence-electron chi connectivity index (χ2n) is 1.59. The Bertz CT molecular complexity index is 76.6. The fraction of sp³-hybridized carbons (Fsp3) is 0.667. The summed E-state index contributed by atoms with van der Waals surface area (Å²) >= 11 is 0. The first-order valence-electron chi connectivity index (χ1n) is 2.79. The highest BCUT2D eigenvalue weighted by atomic mass is 35.7. The third-order valence-electron chi connectivity index (χ3n) is 1.26. The van der Waals surface area contributed by atoms with E-state index in [9.17, 15) is 0 Å². The van der Waals surface area contributed by atoms with Crippen molar-refractivity contribution in [1.82, 2.24) is 0 Å². The molecule has 8 heavy (non-hydrogen) atoms. The number of hydrogen-bond donors (Lipinski definition) is 0. The van der Waals surface area contributed by atoms with Crippen molar-refractivity contribution >= 4 is 19.9 Å². The Labute approximate surface area is 57.7 Å². The molecule has 0 atom stereocenters. The lowest BCUT2D eigenvalue weighted by molar-refractivity contribution is 1.44. The fourth-order valence-electron chi connectivity index (χ4n) is 0.440. The number of rotatable bonds is 3.